The first-order valence-electron chi connectivity index (χ1n) is 4.80. The first kappa shape index (κ1) is 15.2. The third-order valence-corrected chi connectivity index (χ3v) is 1.56. The van der Waals surface area contributed by atoms with Crippen LogP contribution in [-0.2, 0) is 9.53 Å². The van der Waals surface area contributed by atoms with E-state index in [9.17, 15) is 22.4 Å². The molecule has 0 aromatic carbocycles. The number of ether oxygens (including phenoxy) is 1. The highest BCUT2D eigenvalue weighted by atomic mass is 19.3. The third-order valence-electron chi connectivity index (χ3n) is 1.56. The van der Waals surface area contributed by atoms with E-state index in [0.29, 0.717) is 6.61 Å². The zero-order valence-electron chi connectivity index (χ0n) is 9.10. The fourth-order valence-corrected chi connectivity index (χ4v) is 0.773. The maximum Gasteiger partial charge on any atom is 0.383 e. The Morgan fingerprint density at radius 2 is 1.94 bits per heavy atom. The molecule has 0 fully saturated rings. The molecule has 3 nitrogen and oxygen atoms in total. The zero-order chi connectivity index (χ0) is 12.8. The average molecular weight is 245 g/mol. The van der Waals surface area contributed by atoms with Gasteiger partial charge in [-0.15, -0.1) is 0 Å². The van der Waals surface area contributed by atoms with Crippen molar-refractivity contribution in [1.29, 1.82) is 0 Å². The minimum absolute atomic E-state index is 0.0171. The van der Waals surface area contributed by atoms with Crippen molar-refractivity contribution in [2.24, 2.45) is 5.92 Å². The number of amides is 1. The van der Waals surface area contributed by atoms with Crippen molar-refractivity contribution in [2.45, 2.75) is 26.2 Å². The van der Waals surface area contributed by atoms with Crippen molar-refractivity contribution in [2.75, 3.05) is 19.8 Å². The van der Waals surface area contributed by atoms with Gasteiger partial charge in [0.05, 0.1) is 6.61 Å². The smallest absolute Gasteiger partial charge is 0.379 e. The van der Waals surface area contributed by atoms with Gasteiger partial charge in [-0.1, -0.05) is 13.8 Å². The number of hydrogen-bond acceptors (Lipinski definition) is 2. The Hall–Kier alpha value is -0.850. The van der Waals surface area contributed by atoms with Crippen molar-refractivity contribution < 1.29 is 27.1 Å². The molecule has 7 heteroatoms. The van der Waals surface area contributed by atoms with E-state index in [1.165, 1.54) is 0 Å². The van der Waals surface area contributed by atoms with Gasteiger partial charge >= 0.3 is 12.3 Å². The molecule has 0 aliphatic rings. The van der Waals surface area contributed by atoms with Crippen LogP contribution in [0.2, 0.25) is 0 Å². The molecule has 0 aliphatic carbocycles. The second kappa shape index (κ2) is 6.67. The quantitative estimate of drug-likeness (QED) is 0.547. The standard InChI is InChI=1S/C9H15F4NO2/c1-6(2)5-16-4-3-14-8(15)9(12,13)7(10)11/h6-7H,3-5H2,1-2H3,(H,14,15). The van der Waals surface area contributed by atoms with Gasteiger partial charge in [-0.05, 0) is 5.92 Å². The van der Waals surface area contributed by atoms with E-state index in [1.807, 2.05) is 13.8 Å². The number of carbonyl (C=O) groups is 1. The Kier molecular flexibility index (Phi) is 6.32. The number of nitrogens with one attached hydrogen (secondary N) is 1. The molecule has 0 spiro atoms. The van der Waals surface area contributed by atoms with Crippen molar-refractivity contribution >= 4 is 5.91 Å². The zero-order valence-corrected chi connectivity index (χ0v) is 9.10. The Balaban J connectivity index is 3.74. The normalized spacial score (nSPS) is 12.2. The molecule has 16 heavy (non-hydrogen) atoms. The monoisotopic (exact) mass is 245 g/mol. The Bertz CT molecular complexity index is 222. The van der Waals surface area contributed by atoms with E-state index < -0.39 is 18.3 Å². The van der Waals surface area contributed by atoms with Crippen LogP contribution in [0.4, 0.5) is 17.6 Å². The largest absolute Gasteiger partial charge is 0.383 e. The lowest BCUT2D eigenvalue weighted by Gasteiger charge is -2.14. The summed E-state index contributed by atoms with van der Waals surface area (Å²) in [4.78, 5) is 10.6. The van der Waals surface area contributed by atoms with Gasteiger partial charge in [0.15, 0.2) is 0 Å². The van der Waals surface area contributed by atoms with Crippen LogP contribution in [0.5, 0.6) is 0 Å². The maximum atomic E-state index is 12.4. The highest BCUT2D eigenvalue weighted by Crippen LogP contribution is 2.22. The van der Waals surface area contributed by atoms with E-state index in [0.717, 1.165) is 0 Å². The molecule has 1 N–H and O–H groups in total. The lowest BCUT2D eigenvalue weighted by molar-refractivity contribution is -0.169. The van der Waals surface area contributed by atoms with Crippen LogP contribution in [0.25, 0.3) is 0 Å². The highest BCUT2D eigenvalue weighted by Gasteiger charge is 2.48. The Morgan fingerprint density at radius 1 is 1.38 bits per heavy atom. The van der Waals surface area contributed by atoms with Crippen molar-refractivity contribution in [1.82, 2.24) is 5.32 Å². The molecule has 96 valence electrons. The molecule has 0 atom stereocenters. The van der Waals surface area contributed by atoms with Crippen LogP contribution in [0.15, 0.2) is 0 Å². The summed E-state index contributed by atoms with van der Waals surface area (Å²) in [5.41, 5.74) is 0. The minimum Gasteiger partial charge on any atom is -0.379 e. The van der Waals surface area contributed by atoms with Crippen LogP contribution in [0.1, 0.15) is 13.8 Å². The van der Waals surface area contributed by atoms with Gasteiger partial charge in [-0.25, -0.2) is 8.78 Å². The second-order valence-corrected chi connectivity index (χ2v) is 3.65. The molecule has 0 saturated heterocycles. The fraction of sp³-hybridized carbons (Fsp3) is 0.889. The van der Waals surface area contributed by atoms with Crippen LogP contribution >= 0.6 is 0 Å². The molecule has 1 amide bonds. The molecule has 0 rings (SSSR count). The molecule has 0 radical (unpaired) electrons. The van der Waals surface area contributed by atoms with E-state index >= 15 is 0 Å². The summed E-state index contributed by atoms with van der Waals surface area (Å²) < 4.78 is 53.1. The van der Waals surface area contributed by atoms with Gasteiger partial charge in [0.1, 0.15) is 0 Å². The molecule has 0 aliphatic heterocycles. The van der Waals surface area contributed by atoms with Crippen molar-refractivity contribution in [3.63, 3.8) is 0 Å². The van der Waals surface area contributed by atoms with E-state index in [-0.39, 0.29) is 19.1 Å². The molecule has 0 bridgehead atoms. The number of halogens is 4. The summed E-state index contributed by atoms with van der Waals surface area (Å²) in [6.07, 6.45) is -4.00. The molecule has 0 unspecified atom stereocenters. The molecule has 0 aromatic heterocycles. The van der Waals surface area contributed by atoms with Gasteiger partial charge in [0.25, 0.3) is 5.91 Å². The van der Waals surface area contributed by atoms with E-state index in [4.69, 9.17) is 4.74 Å². The maximum absolute atomic E-state index is 12.4. The van der Waals surface area contributed by atoms with Crippen molar-refractivity contribution in [3.05, 3.63) is 0 Å². The predicted molar refractivity (Wildman–Crippen MR) is 49.6 cm³/mol. The Morgan fingerprint density at radius 3 is 2.38 bits per heavy atom. The van der Waals surface area contributed by atoms with Crippen molar-refractivity contribution in [3.8, 4) is 0 Å². The number of hydrogen-bond donors (Lipinski definition) is 1. The number of carbonyl (C=O) groups excluding carboxylic acids is 1. The fourth-order valence-electron chi connectivity index (χ4n) is 0.773. The van der Waals surface area contributed by atoms with Gasteiger partial charge in [0, 0.05) is 13.2 Å². The topological polar surface area (TPSA) is 38.3 Å². The van der Waals surface area contributed by atoms with Gasteiger partial charge in [0.2, 0.25) is 0 Å². The molecule has 0 aromatic rings. The van der Waals surface area contributed by atoms with Gasteiger partial charge in [-0.3, -0.25) is 4.79 Å². The molecular weight excluding hydrogens is 230 g/mol. The van der Waals surface area contributed by atoms with E-state index in [2.05, 4.69) is 0 Å². The summed E-state index contributed by atoms with van der Waals surface area (Å²) in [7, 11) is 0. The van der Waals surface area contributed by atoms with Crippen LogP contribution in [0, 0.1) is 5.92 Å². The Labute approximate surface area is 91.1 Å². The summed E-state index contributed by atoms with van der Waals surface area (Å²) in [5.74, 6) is -6.34. The lowest BCUT2D eigenvalue weighted by atomic mass is 10.2. The second-order valence-electron chi connectivity index (χ2n) is 3.65. The molecule has 0 heterocycles. The minimum atomic E-state index is -4.64. The van der Waals surface area contributed by atoms with Crippen LogP contribution in [-0.4, -0.2) is 38.0 Å². The summed E-state index contributed by atoms with van der Waals surface area (Å²) in [6, 6.07) is 0. The summed E-state index contributed by atoms with van der Waals surface area (Å²) in [5, 5.41) is 1.68. The molecule has 0 saturated carbocycles. The SMILES string of the molecule is CC(C)COCCNC(=O)C(F)(F)C(F)F. The van der Waals surface area contributed by atoms with Crippen LogP contribution < -0.4 is 5.32 Å². The average Bonchev–Trinajstić information content (AvgIpc) is 2.16. The first-order chi connectivity index (χ1) is 7.28. The lowest BCUT2D eigenvalue weighted by Crippen LogP contribution is -2.46. The van der Waals surface area contributed by atoms with Gasteiger partial charge in [-0.2, -0.15) is 8.78 Å². The highest BCUT2D eigenvalue weighted by molar-refractivity contribution is 5.83. The summed E-state index contributed by atoms with van der Waals surface area (Å²) >= 11 is 0. The van der Waals surface area contributed by atoms with Crippen LogP contribution in [0.3, 0.4) is 0 Å². The molecular formula is C9H15F4NO2. The number of rotatable bonds is 7. The first-order valence-corrected chi connectivity index (χ1v) is 4.80. The number of alkyl halides is 4. The predicted octanol–water partition coefficient (Wildman–Crippen LogP) is 1.68. The van der Waals surface area contributed by atoms with E-state index in [1.54, 1.807) is 5.32 Å². The third kappa shape index (κ3) is 5.29. The summed E-state index contributed by atoms with van der Waals surface area (Å²) in [6.45, 7) is 4.01. The van der Waals surface area contributed by atoms with Gasteiger partial charge < -0.3 is 10.1 Å².